The Morgan fingerprint density at radius 2 is 1.67 bits per heavy atom. The second-order valence-corrected chi connectivity index (χ2v) is 3.38. The molecule has 0 saturated carbocycles. The summed E-state index contributed by atoms with van der Waals surface area (Å²) in [4.78, 5) is 3.29. The standard InChI is InChI=1S/C9H11N.BF4/c1-2-6-9-8(4-1)5-3-7-10-9;2-1(3,4)5/h3,5,7H,1-2,4,6H2;/q;-1/p+1. The van der Waals surface area contributed by atoms with Crippen LogP contribution in [0.15, 0.2) is 18.3 Å². The van der Waals surface area contributed by atoms with Crippen LogP contribution >= 0.6 is 0 Å². The maximum atomic E-state index is 9.75. The van der Waals surface area contributed by atoms with Crippen molar-refractivity contribution in [1.82, 2.24) is 0 Å². The van der Waals surface area contributed by atoms with E-state index in [-0.39, 0.29) is 0 Å². The number of aromatic amines is 1. The summed E-state index contributed by atoms with van der Waals surface area (Å²) in [6.45, 7) is 0. The van der Waals surface area contributed by atoms with Crippen molar-refractivity contribution in [1.29, 1.82) is 0 Å². The molecule has 1 nitrogen and oxygen atoms in total. The van der Waals surface area contributed by atoms with Gasteiger partial charge in [-0.25, -0.2) is 4.98 Å². The normalized spacial score (nSPS) is 14.9. The quantitative estimate of drug-likeness (QED) is 0.472. The first-order chi connectivity index (χ1) is 6.97. The lowest BCUT2D eigenvalue weighted by Crippen LogP contribution is -2.16. The molecule has 0 radical (unpaired) electrons. The van der Waals surface area contributed by atoms with Crippen LogP contribution in [0.3, 0.4) is 0 Å². The highest BCUT2D eigenvalue weighted by molar-refractivity contribution is 6.50. The van der Waals surface area contributed by atoms with Crippen LogP contribution in [0.4, 0.5) is 17.3 Å². The molecule has 2 rings (SSSR count). The largest absolute Gasteiger partial charge is 0.673 e. The SMILES string of the molecule is F[B-](F)(F)F.c1c[nH+]c2c(c1)CCCC2. The van der Waals surface area contributed by atoms with Crippen LogP contribution in [0.2, 0.25) is 0 Å². The number of aryl methyl sites for hydroxylation is 2. The fraction of sp³-hybridized carbons (Fsp3) is 0.444. The molecular weight excluding hydrogens is 209 g/mol. The molecule has 0 bridgehead atoms. The molecule has 84 valence electrons. The number of fused-ring (bicyclic) bond motifs is 1. The van der Waals surface area contributed by atoms with Gasteiger partial charge < -0.3 is 17.3 Å². The fourth-order valence-electron chi connectivity index (χ4n) is 1.59. The zero-order valence-electron chi connectivity index (χ0n) is 8.15. The van der Waals surface area contributed by atoms with Gasteiger partial charge in [0.2, 0.25) is 0 Å². The molecule has 0 spiro atoms. The molecule has 15 heavy (non-hydrogen) atoms. The van der Waals surface area contributed by atoms with Gasteiger partial charge in [-0.3, -0.25) is 0 Å². The Balaban J connectivity index is 0.000000195. The second kappa shape index (κ2) is 5.14. The lowest BCUT2D eigenvalue weighted by atomic mass is 9.96. The average Bonchev–Trinajstić information content (AvgIpc) is 2.16. The molecule has 0 fully saturated rings. The molecular formula is C9H12BF4N. The Morgan fingerprint density at radius 1 is 1.07 bits per heavy atom. The van der Waals surface area contributed by atoms with Gasteiger partial charge in [-0.2, -0.15) is 0 Å². The summed E-state index contributed by atoms with van der Waals surface area (Å²) in [6, 6.07) is 4.31. The second-order valence-electron chi connectivity index (χ2n) is 3.38. The van der Waals surface area contributed by atoms with Crippen LogP contribution in [0.5, 0.6) is 0 Å². The fourth-order valence-corrected chi connectivity index (χ4v) is 1.59. The van der Waals surface area contributed by atoms with Crippen LogP contribution in [-0.4, -0.2) is 7.25 Å². The molecule has 1 aromatic rings. The Hall–Kier alpha value is -1.07. The van der Waals surface area contributed by atoms with Gasteiger partial charge in [0.15, 0.2) is 11.9 Å². The van der Waals surface area contributed by atoms with E-state index in [1.807, 2.05) is 6.20 Å². The van der Waals surface area contributed by atoms with E-state index < -0.39 is 7.25 Å². The Morgan fingerprint density at radius 3 is 2.27 bits per heavy atom. The zero-order chi connectivity index (χ0) is 11.3. The van der Waals surface area contributed by atoms with Crippen molar-refractivity contribution in [3.05, 3.63) is 29.6 Å². The van der Waals surface area contributed by atoms with Crippen molar-refractivity contribution in [2.45, 2.75) is 25.7 Å². The number of pyridine rings is 1. The highest BCUT2D eigenvalue weighted by Gasteiger charge is 2.20. The number of hydrogen-bond acceptors (Lipinski definition) is 0. The number of halogens is 4. The van der Waals surface area contributed by atoms with E-state index in [1.165, 1.54) is 36.9 Å². The molecule has 1 heterocycles. The summed E-state index contributed by atoms with van der Waals surface area (Å²) in [7, 11) is -6.00. The summed E-state index contributed by atoms with van der Waals surface area (Å²) in [5, 5.41) is 0. The van der Waals surface area contributed by atoms with Crippen molar-refractivity contribution in [2.24, 2.45) is 0 Å². The molecule has 1 aliphatic rings. The van der Waals surface area contributed by atoms with Gasteiger partial charge in [0.1, 0.15) is 0 Å². The van der Waals surface area contributed by atoms with Gasteiger partial charge in [-0.05, 0) is 25.3 Å². The molecule has 0 unspecified atom stereocenters. The van der Waals surface area contributed by atoms with Gasteiger partial charge in [0.05, 0.1) is 0 Å². The molecule has 0 saturated heterocycles. The smallest absolute Gasteiger partial charge is 0.418 e. The third-order valence-corrected chi connectivity index (χ3v) is 2.16. The van der Waals surface area contributed by atoms with E-state index in [0.29, 0.717) is 0 Å². The highest BCUT2D eigenvalue weighted by atomic mass is 19.5. The van der Waals surface area contributed by atoms with Gasteiger partial charge >= 0.3 is 7.25 Å². The first-order valence-corrected chi connectivity index (χ1v) is 4.82. The maximum absolute atomic E-state index is 9.75. The van der Waals surface area contributed by atoms with E-state index >= 15 is 0 Å². The molecule has 0 atom stereocenters. The Labute approximate surface area is 85.6 Å². The van der Waals surface area contributed by atoms with Crippen LogP contribution in [0.25, 0.3) is 0 Å². The van der Waals surface area contributed by atoms with Crippen LogP contribution in [0, 0.1) is 0 Å². The Kier molecular flexibility index (Phi) is 4.11. The predicted molar refractivity (Wildman–Crippen MR) is 49.8 cm³/mol. The number of nitrogens with one attached hydrogen (secondary N) is 1. The lowest BCUT2D eigenvalue weighted by Gasteiger charge is -2.08. The molecule has 1 N–H and O–H groups in total. The molecule has 1 aromatic heterocycles. The number of H-pyrrole nitrogens is 1. The van der Waals surface area contributed by atoms with Crippen molar-refractivity contribution < 1.29 is 22.2 Å². The first-order valence-electron chi connectivity index (χ1n) is 4.82. The molecule has 6 heteroatoms. The highest BCUT2D eigenvalue weighted by Crippen LogP contribution is 2.15. The topological polar surface area (TPSA) is 14.1 Å². The third-order valence-electron chi connectivity index (χ3n) is 2.16. The van der Waals surface area contributed by atoms with Crippen molar-refractivity contribution >= 4 is 7.25 Å². The molecule has 0 aliphatic heterocycles. The summed E-state index contributed by atoms with van der Waals surface area (Å²) in [5.41, 5.74) is 2.97. The molecule has 0 amide bonds. The number of rotatable bonds is 0. The summed E-state index contributed by atoms with van der Waals surface area (Å²) < 4.78 is 39.0. The first kappa shape index (κ1) is 12.0. The lowest BCUT2D eigenvalue weighted by molar-refractivity contribution is -0.391. The zero-order valence-corrected chi connectivity index (χ0v) is 8.15. The summed E-state index contributed by atoms with van der Waals surface area (Å²) in [6.07, 6.45) is 7.26. The number of hydrogen-bond donors (Lipinski definition) is 0. The Bertz CT molecular complexity index is 282. The monoisotopic (exact) mass is 221 g/mol. The average molecular weight is 221 g/mol. The van der Waals surface area contributed by atoms with E-state index in [4.69, 9.17) is 0 Å². The third kappa shape index (κ3) is 5.39. The van der Waals surface area contributed by atoms with Gasteiger partial charge in [-0.1, -0.05) is 0 Å². The minimum absolute atomic E-state index is 1.25. The van der Waals surface area contributed by atoms with Gasteiger partial charge in [0, 0.05) is 18.1 Å². The molecule has 0 aromatic carbocycles. The maximum Gasteiger partial charge on any atom is 0.673 e. The van der Waals surface area contributed by atoms with Crippen molar-refractivity contribution in [3.63, 3.8) is 0 Å². The van der Waals surface area contributed by atoms with Crippen LogP contribution < -0.4 is 4.98 Å². The van der Waals surface area contributed by atoms with Gasteiger partial charge in [0.25, 0.3) is 0 Å². The minimum atomic E-state index is -6.00. The predicted octanol–water partition coefficient (Wildman–Crippen LogP) is 2.68. The van der Waals surface area contributed by atoms with Crippen LogP contribution in [-0.2, 0) is 12.8 Å². The van der Waals surface area contributed by atoms with E-state index in [0.717, 1.165) is 0 Å². The van der Waals surface area contributed by atoms with Gasteiger partial charge in [-0.15, -0.1) is 0 Å². The van der Waals surface area contributed by atoms with Crippen LogP contribution in [0.1, 0.15) is 24.1 Å². The molecule has 1 aliphatic carbocycles. The van der Waals surface area contributed by atoms with E-state index in [2.05, 4.69) is 17.1 Å². The van der Waals surface area contributed by atoms with E-state index in [1.54, 1.807) is 0 Å². The van der Waals surface area contributed by atoms with Crippen molar-refractivity contribution in [3.8, 4) is 0 Å². The van der Waals surface area contributed by atoms with Crippen molar-refractivity contribution in [2.75, 3.05) is 0 Å². The number of aromatic nitrogens is 1. The summed E-state index contributed by atoms with van der Waals surface area (Å²) in [5.74, 6) is 0. The van der Waals surface area contributed by atoms with E-state index in [9.17, 15) is 17.3 Å². The summed E-state index contributed by atoms with van der Waals surface area (Å²) >= 11 is 0. The minimum Gasteiger partial charge on any atom is -0.418 e.